The van der Waals surface area contributed by atoms with E-state index in [0.717, 1.165) is 9.37 Å². The largest absolute Gasteiger partial charge is 0.491 e. The Morgan fingerprint density at radius 2 is 1.63 bits per heavy atom. The third-order valence-electron chi connectivity index (χ3n) is 4.08. The summed E-state index contributed by atoms with van der Waals surface area (Å²) in [4.78, 5) is 38.5. The lowest BCUT2D eigenvalue weighted by atomic mass is 10.1. The van der Waals surface area contributed by atoms with Crippen LogP contribution in [0.15, 0.2) is 55.4 Å². The van der Waals surface area contributed by atoms with Crippen molar-refractivity contribution in [1.82, 2.24) is 5.32 Å². The van der Waals surface area contributed by atoms with E-state index in [1.54, 1.807) is 36.4 Å². The van der Waals surface area contributed by atoms with Gasteiger partial charge >= 0.3 is 6.03 Å². The van der Waals surface area contributed by atoms with Crippen LogP contribution >= 0.6 is 47.8 Å². The van der Waals surface area contributed by atoms with E-state index in [-0.39, 0.29) is 5.57 Å². The van der Waals surface area contributed by atoms with E-state index in [1.165, 1.54) is 6.08 Å². The van der Waals surface area contributed by atoms with Gasteiger partial charge in [-0.05, 0) is 85.8 Å². The lowest BCUT2D eigenvalue weighted by Gasteiger charge is -2.26. The fourth-order valence-corrected chi connectivity index (χ4v) is 4.41. The average molecular weight is 601 g/mol. The Morgan fingerprint density at radius 3 is 2.20 bits per heavy atom. The van der Waals surface area contributed by atoms with Crippen molar-refractivity contribution >= 4 is 77.4 Å². The summed E-state index contributed by atoms with van der Waals surface area (Å²) in [7, 11) is 0. The number of halogens is 3. The maximum absolute atomic E-state index is 13.0. The molecule has 1 heterocycles. The molecular formula is C21H17Br3N2O4. The van der Waals surface area contributed by atoms with Gasteiger partial charge in [0.15, 0.2) is 0 Å². The zero-order valence-electron chi connectivity index (χ0n) is 16.0. The molecule has 4 amide bonds. The number of amides is 4. The maximum atomic E-state index is 13.0. The summed E-state index contributed by atoms with van der Waals surface area (Å²) in [5, 5.41) is 2.22. The summed E-state index contributed by atoms with van der Waals surface area (Å²) in [6.45, 7) is 4.64. The molecule has 1 fully saturated rings. The van der Waals surface area contributed by atoms with Crippen LogP contribution in [0.5, 0.6) is 5.75 Å². The van der Waals surface area contributed by atoms with Crippen molar-refractivity contribution in [3.05, 3.63) is 61.0 Å². The summed E-state index contributed by atoms with van der Waals surface area (Å²) >= 11 is 10.3. The molecule has 0 aliphatic carbocycles. The highest BCUT2D eigenvalue weighted by atomic mass is 79.9. The van der Waals surface area contributed by atoms with Crippen molar-refractivity contribution in [2.75, 3.05) is 11.5 Å². The van der Waals surface area contributed by atoms with Gasteiger partial charge in [0.05, 0.1) is 21.2 Å². The third kappa shape index (κ3) is 5.01. The minimum absolute atomic E-state index is 0.146. The van der Waals surface area contributed by atoms with Crippen molar-refractivity contribution in [2.45, 2.75) is 13.8 Å². The Bertz CT molecular complexity index is 1030. The zero-order valence-corrected chi connectivity index (χ0v) is 20.8. The molecule has 3 rings (SSSR count). The molecule has 0 bridgehead atoms. The van der Waals surface area contributed by atoms with Crippen LogP contribution in [0.1, 0.15) is 19.4 Å². The van der Waals surface area contributed by atoms with E-state index in [4.69, 9.17) is 4.74 Å². The number of urea groups is 1. The van der Waals surface area contributed by atoms with Crippen LogP contribution in [-0.4, -0.2) is 24.5 Å². The van der Waals surface area contributed by atoms with Crippen LogP contribution < -0.4 is 15.0 Å². The second-order valence-electron chi connectivity index (χ2n) is 6.95. The van der Waals surface area contributed by atoms with E-state index in [1.807, 2.05) is 13.8 Å². The Labute approximate surface area is 199 Å². The van der Waals surface area contributed by atoms with Crippen molar-refractivity contribution in [2.24, 2.45) is 5.92 Å². The molecule has 9 heteroatoms. The smallest absolute Gasteiger partial charge is 0.335 e. The number of imide groups is 2. The first-order valence-electron chi connectivity index (χ1n) is 8.96. The molecule has 156 valence electrons. The summed E-state index contributed by atoms with van der Waals surface area (Å²) in [5.74, 6) is -0.447. The molecule has 1 N–H and O–H groups in total. The Kier molecular flexibility index (Phi) is 7.15. The molecule has 6 nitrogen and oxygen atoms in total. The van der Waals surface area contributed by atoms with Gasteiger partial charge in [0.1, 0.15) is 11.3 Å². The third-order valence-corrected chi connectivity index (χ3v) is 5.79. The van der Waals surface area contributed by atoms with Crippen LogP contribution in [-0.2, 0) is 9.59 Å². The standard InChI is InChI=1S/C21H17Br3N2O4/c1-11(2)10-30-18-16(23)8-12(9-17(18)24)7-15-19(27)25-21(29)26(20(15)28)14-5-3-13(22)4-6-14/h3-9,11H,10H2,1-2H3,(H,25,27,29)/b15-7+. The molecule has 0 aromatic heterocycles. The highest BCUT2D eigenvalue weighted by molar-refractivity contribution is 9.11. The van der Waals surface area contributed by atoms with Crippen molar-refractivity contribution in [1.29, 1.82) is 0 Å². The lowest BCUT2D eigenvalue weighted by Crippen LogP contribution is -2.54. The van der Waals surface area contributed by atoms with Gasteiger partial charge in [0.25, 0.3) is 11.8 Å². The van der Waals surface area contributed by atoms with Crippen LogP contribution in [0.2, 0.25) is 0 Å². The van der Waals surface area contributed by atoms with Gasteiger partial charge in [-0.2, -0.15) is 0 Å². The second-order valence-corrected chi connectivity index (χ2v) is 9.58. The number of nitrogens with one attached hydrogen (secondary N) is 1. The van der Waals surface area contributed by atoms with E-state index in [2.05, 4.69) is 53.1 Å². The Balaban J connectivity index is 1.95. The van der Waals surface area contributed by atoms with Crippen LogP contribution in [0.3, 0.4) is 0 Å². The summed E-state index contributed by atoms with van der Waals surface area (Å²) in [6, 6.07) is 9.35. The van der Waals surface area contributed by atoms with Gasteiger partial charge in [0.2, 0.25) is 0 Å². The van der Waals surface area contributed by atoms with E-state index < -0.39 is 17.8 Å². The summed E-state index contributed by atoms with van der Waals surface area (Å²) in [6.07, 6.45) is 1.44. The van der Waals surface area contributed by atoms with E-state index in [9.17, 15) is 14.4 Å². The maximum Gasteiger partial charge on any atom is 0.335 e. The van der Waals surface area contributed by atoms with Gasteiger partial charge in [-0.3, -0.25) is 14.9 Å². The first-order chi connectivity index (χ1) is 14.2. The van der Waals surface area contributed by atoms with Crippen molar-refractivity contribution < 1.29 is 19.1 Å². The van der Waals surface area contributed by atoms with E-state index >= 15 is 0 Å². The Morgan fingerprint density at radius 1 is 1.03 bits per heavy atom. The predicted octanol–water partition coefficient (Wildman–Crippen LogP) is 5.68. The Hall–Kier alpha value is -1.97. The number of rotatable bonds is 5. The number of benzene rings is 2. The van der Waals surface area contributed by atoms with Crippen LogP contribution in [0, 0.1) is 5.92 Å². The molecule has 0 unspecified atom stereocenters. The first kappa shape index (κ1) is 22.7. The molecule has 1 aliphatic rings. The number of nitrogens with zero attached hydrogens (tertiary/aromatic N) is 1. The molecule has 0 radical (unpaired) electrons. The van der Waals surface area contributed by atoms with E-state index in [0.29, 0.717) is 38.5 Å². The predicted molar refractivity (Wildman–Crippen MR) is 125 cm³/mol. The van der Waals surface area contributed by atoms with Crippen molar-refractivity contribution in [3.63, 3.8) is 0 Å². The quantitative estimate of drug-likeness (QED) is 0.354. The fourth-order valence-electron chi connectivity index (χ4n) is 2.70. The number of barbiturate groups is 1. The molecular weight excluding hydrogens is 584 g/mol. The highest BCUT2D eigenvalue weighted by Crippen LogP contribution is 2.36. The number of hydrogen-bond acceptors (Lipinski definition) is 4. The summed E-state index contributed by atoms with van der Waals surface area (Å²) in [5.41, 5.74) is 0.806. The normalized spacial score (nSPS) is 15.7. The average Bonchev–Trinajstić information content (AvgIpc) is 2.65. The molecule has 0 saturated carbocycles. The van der Waals surface area contributed by atoms with Crippen LogP contribution in [0.4, 0.5) is 10.5 Å². The topological polar surface area (TPSA) is 75.7 Å². The molecule has 2 aromatic carbocycles. The first-order valence-corrected chi connectivity index (χ1v) is 11.3. The number of carbonyl (C=O) groups excluding carboxylic acids is 3. The number of carbonyl (C=O) groups is 3. The van der Waals surface area contributed by atoms with Gasteiger partial charge in [-0.25, -0.2) is 9.69 Å². The molecule has 1 aliphatic heterocycles. The summed E-state index contributed by atoms with van der Waals surface area (Å²) < 4.78 is 7.95. The number of ether oxygens (including phenoxy) is 1. The molecule has 2 aromatic rings. The zero-order chi connectivity index (χ0) is 22.0. The molecule has 1 saturated heterocycles. The number of anilines is 1. The van der Waals surface area contributed by atoms with Gasteiger partial charge < -0.3 is 4.74 Å². The molecule has 0 spiro atoms. The minimum atomic E-state index is -0.788. The highest BCUT2D eigenvalue weighted by Gasteiger charge is 2.36. The SMILES string of the molecule is CC(C)COc1c(Br)cc(/C=C2\C(=O)NC(=O)N(c3ccc(Br)cc3)C2=O)cc1Br. The van der Waals surface area contributed by atoms with Gasteiger partial charge in [0, 0.05) is 4.47 Å². The van der Waals surface area contributed by atoms with Crippen molar-refractivity contribution in [3.8, 4) is 5.75 Å². The number of hydrogen-bond donors (Lipinski definition) is 1. The second kappa shape index (κ2) is 9.45. The van der Waals surface area contributed by atoms with Gasteiger partial charge in [-0.15, -0.1) is 0 Å². The van der Waals surface area contributed by atoms with Gasteiger partial charge in [-0.1, -0.05) is 29.8 Å². The molecule has 0 atom stereocenters. The lowest BCUT2D eigenvalue weighted by molar-refractivity contribution is -0.122. The monoisotopic (exact) mass is 598 g/mol. The van der Waals surface area contributed by atoms with Crippen LogP contribution in [0.25, 0.3) is 6.08 Å². The molecule has 30 heavy (non-hydrogen) atoms. The fraction of sp³-hybridized carbons (Fsp3) is 0.190. The minimum Gasteiger partial charge on any atom is -0.491 e.